The summed E-state index contributed by atoms with van der Waals surface area (Å²) in [6.45, 7) is 0.276. The van der Waals surface area contributed by atoms with Gasteiger partial charge in [0.1, 0.15) is 17.3 Å². The number of nitrogens with one attached hydrogen (secondary N) is 1. The second-order valence-corrected chi connectivity index (χ2v) is 7.70. The molecule has 12 heteroatoms. The van der Waals surface area contributed by atoms with Crippen LogP contribution in [0.25, 0.3) is 0 Å². The van der Waals surface area contributed by atoms with Crippen LogP contribution in [-0.2, 0) is 10.0 Å². The monoisotopic (exact) mass is 412 g/mol. The molecule has 1 aromatic carbocycles. The van der Waals surface area contributed by atoms with E-state index in [0.29, 0.717) is 5.69 Å². The van der Waals surface area contributed by atoms with Crippen molar-refractivity contribution in [2.75, 3.05) is 30.4 Å². The van der Waals surface area contributed by atoms with Crippen LogP contribution in [0.3, 0.4) is 0 Å². The Hall–Kier alpha value is -3.28. The van der Waals surface area contributed by atoms with Crippen LogP contribution in [0.4, 0.5) is 20.2 Å². The highest BCUT2D eigenvalue weighted by atomic mass is 32.2. The molecular formula is C16H18F2N6O3S. The van der Waals surface area contributed by atoms with Gasteiger partial charge in [0, 0.05) is 12.7 Å². The first-order valence-electron chi connectivity index (χ1n) is 7.84. The molecule has 9 nitrogen and oxygen atoms in total. The lowest BCUT2D eigenvalue weighted by Crippen LogP contribution is -2.43. The van der Waals surface area contributed by atoms with Crippen molar-refractivity contribution in [1.82, 2.24) is 9.29 Å². The zero-order valence-electron chi connectivity index (χ0n) is 14.8. The molecular weight excluding hydrogens is 394 g/mol. The lowest BCUT2D eigenvalue weighted by atomic mass is 10.2. The van der Waals surface area contributed by atoms with Gasteiger partial charge in [-0.25, -0.2) is 26.5 Å². The number of nitrogens with two attached hydrogens (primary N) is 2. The molecule has 0 aliphatic carbocycles. The zero-order valence-corrected chi connectivity index (χ0v) is 15.6. The molecule has 1 aliphatic heterocycles. The first kappa shape index (κ1) is 21.0. The summed E-state index contributed by atoms with van der Waals surface area (Å²) in [4.78, 5) is 19.1. The van der Waals surface area contributed by atoms with Crippen molar-refractivity contribution < 1.29 is 22.0 Å². The van der Waals surface area contributed by atoms with Gasteiger partial charge in [-0.15, -0.1) is 0 Å². The quantitative estimate of drug-likeness (QED) is 0.622. The van der Waals surface area contributed by atoms with Crippen molar-refractivity contribution in [1.29, 1.82) is 0 Å². The second kappa shape index (κ2) is 8.61. The van der Waals surface area contributed by atoms with Crippen LogP contribution in [0.1, 0.15) is 10.5 Å². The predicted octanol–water partition coefficient (Wildman–Crippen LogP) is 0.771. The summed E-state index contributed by atoms with van der Waals surface area (Å²) >= 11 is 0. The molecule has 2 aromatic rings. The summed E-state index contributed by atoms with van der Waals surface area (Å²) in [6.07, 6.45) is 0.938. The van der Waals surface area contributed by atoms with Crippen molar-refractivity contribution >= 4 is 33.3 Å². The number of halogens is 2. The Morgan fingerprint density at radius 1 is 1.21 bits per heavy atom. The van der Waals surface area contributed by atoms with E-state index in [1.165, 1.54) is 25.2 Å². The average molecular weight is 412 g/mol. The number of sulfonamides is 1. The lowest BCUT2D eigenvalue weighted by molar-refractivity contribution is 0.102. The highest BCUT2D eigenvalue weighted by Gasteiger charge is 2.22. The number of anilines is 2. The number of carbonyl (C=O) groups excluding carboxylic acids is 1. The Morgan fingerprint density at radius 2 is 1.93 bits per heavy atom. The fourth-order valence-corrected chi connectivity index (χ4v) is 2.92. The van der Waals surface area contributed by atoms with Gasteiger partial charge in [0.15, 0.2) is 0 Å². The first-order chi connectivity index (χ1) is 13.1. The van der Waals surface area contributed by atoms with Gasteiger partial charge in [0.25, 0.3) is 5.91 Å². The fourth-order valence-electron chi connectivity index (χ4n) is 1.98. The minimum Gasteiger partial charge on any atom is -0.396 e. The molecule has 28 heavy (non-hydrogen) atoms. The molecule has 1 aliphatic rings. The largest absolute Gasteiger partial charge is 0.396 e. The summed E-state index contributed by atoms with van der Waals surface area (Å²) < 4.78 is 48.4. The van der Waals surface area contributed by atoms with E-state index in [-0.39, 0.29) is 29.6 Å². The molecule has 0 saturated heterocycles. The van der Waals surface area contributed by atoms with E-state index in [0.717, 1.165) is 22.6 Å². The molecule has 1 amide bonds. The lowest BCUT2D eigenvalue weighted by Gasteiger charge is -2.21. The third-order valence-corrected chi connectivity index (χ3v) is 5.30. The number of benzene rings is 1. The summed E-state index contributed by atoms with van der Waals surface area (Å²) in [5.74, 6) is -1.48. The minimum absolute atomic E-state index is 0.0549. The Bertz CT molecular complexity index is 996. The summed E-state index contributed by atoms with van der Waals surface area (Å²) in [5.41, 5.74) is 10.9. The van der Waals surface area contributed by atoms with Crippen LogP contribution in [0.5, 0.6) is 0 Å². The van der Waals surface area contributed by atoms with E-state index in [1.807, 2.05) is 0 Å². The molecule has 150 valence electrons. The van der Waals surface area contributed by atoms with Crippen LogP contribution < -0.4 is 16.8 Å². The Balaban J connectivity index is 0.000000237. The first-order valence-corrected chi connectivity index (χ1v) is 9.45. The van der Waals surface area contributed by atoms with Gasteiger partial charge >= 0.3 is 0 Å². The standard InChI is InChI=1S/C12H9F2N3O.C4H9N3O2S/c13-7-1-4-11(16-6-7)12(18)17-8-2-3-9(14)10(15)5-8;1-7-4(5)6-2-3-10(7,8)9/h1-6H,15H2,(H,17,18);2-3H2,1H3,(H2,5,6). The van der Waals surface area contributed by atoms with Crippen molar-refractivity contribution in [3.8, 4) is 0 Å². The molecule has 0 fully saturated rings. The molecule has 0 atom stereocenters. The van der Waals surface area contributed by atoms with Crippen LogP contribution in [-0.4, -0.2) is 48.9 Å². The van der Waals surface area contributed by atoms with Crippen molar-refractivity contribution in [2.24, 2.45) is 10.7 Å². The molecule has 0 radical (unpaired) electrons. The molecule has 3 rings (SSSR count). The van der Waals surface area contributed by atoms with Crippen molar-refractivity contribution in [2.45, 2.75) is 0 Å². The van der Waals surface area contributed by atoms with E-state index < -0.39 is 27.6 Å². The van der Waals surface area contributed by atoms with Crippen LogP contribution in [0.2, 0.25) is 0 Å². The number of aliphatic imine (C=N–C) groups is 1. The average Bonchev–Trinajstić information content (AvgIpc) is 2.64. The van der Waals surface area contributed by atoms with Crippen molar-refractivity contribution in [3.63, 3.8) is 0 Å². The van der Waals surface area contributed by atoms with E-state index in [9.17, 15) is 22.0 Å². The maximum absolute atomic E-state index is 12.9. The Kier molecular flexibility index (Phi) is 6.46. The number of pyridine rings is 1. The molecule has 0 bridgehead atoms. The van der Waals surface area contributed by atoms with Crippen molar-refractivity contribution in [3.05, 3.63) is 53.9 Å². The SMILES string of the molecule is CN1C(N)=NCCS1(=O)=O.Nc1cc(NC(=O)c2ccc(F)cn2)ccc1F. The summed E-state index contributed by atoms with van der Waals surface area (Å²) in [5, 5.41) is 2.48. The van der Waals surface area contributed by atoms with E-state index >= 15 is 0 Å². The smallest absolute Gasteiger partial charge is 0.274 e. The van der Waals surface area contributed by atoms with Gasteiger partial charge in [-0.3, -0.25) is 9.79 Å². The van der Waals surface area contributed by atoms with E-state index in [1.54, 1.807) is 0 Å². The molecule has 0 saturated carbocycles. The number of hydrogen-bond acceptors (Lipinski definition) is 7. The highest BCUT2D eigenvalue weighted by Crippen LogP contribution is 2.16. The van der Waals surface area contributed by atoms with Gasteiger partial charge in [-0.05, 0) is 30.3 Å². The third-order valence-electron chi connectivity index (χ3n) is 3.58. The van der Waals surface area contributed by atoms with Crippen LogP contribution in [0.15, 0.2) is 41.5 Å². The third kappa shape index (κ3) is 5.36. The van der Waals surface area contributed by atoms with Gasteiger partial charge in [-0.1, -0.05) is 0 Å². The van der Waals surface area contributed by atoms with E-state index in [4.69, 9.17) is 11.5 Å². The summed E-state index contributed by atoms with van der Waals surface area (Å²) in [7, 11) is -1.74. The number of hydrogen-bond donors (Lipinski definition) is 3. The van der Waals surface area contributed by atoms with Gasteiger partial charge < -0.3 is 16.8 Å². The second-order valence-electron chi connectivity index (χ2n) is 5.58. The van der Waals surface area contributed by atoms with Crippen LogP contribution >= 0.6 is 0 Å². The summed E-state index contributed by atoms with van der Waals surface area (Å²) in [6, 6.07) is 6.17. The van der Waals surface area contributed by atoms with Gasteiger partial charge in [0.2, 0.25) is 16.0 Å². The number of rotatable bonds is 2. The minimum atomic E-state index is -3.13. The van der Waals surface area contributed by atoms with E-state index in [2.05, 4.69) is 15.3 Å². The fraction of sp³-hybridized carbons (Fsp3) is 0.188. The van der Waals surface area contributed by atoms with Crippen LogP contribution in [0, 0.1) is 11.6 Å². The number of carbonyl (C=O) groups is 1. The van der Waals surface area contributed by atoms with Gasteiger partial charge in [-0.2, -0.15) is 0 Å². The number of guanidine groups is 1. The highest BCUT2D eigenvalue weighted by molar-refractivity contribution is 7.89. The Labute approximate surface area is 160 Å². The zero-order chi connectivity index (χ0) is 20.9. The number of amides is 1. The molecule has 2 heterocycles. The number of aromatic nitrogens is 1. The molecule has 1 aromatic heterocycles. The maximum Gasteiger partial charge on any atom is 0.274 e. The molecule has 0 spiro atoms. The van der Waals surface area contributed by atoms with Gasteiger partial charge in [0.05, 0.1) is 24.2 Å². The maximum atomic E-state index is 12.9. The number of nitrogen functional groups attached to an aromatic ring is 1. The predicted molar refractivity (Wildman–Crippen MR) is 101 cm³/mol. The molecule has 5 N–H and O–H groups in total. The Morgan fingerprint density at radius 3 is 2.46 bits per heavy atom. The topological polar surface area (TPSA) is 144 Å². The number of nitrogens with zero attached hydrogens (tertiary/aromatic N) is 3. The molecule has 0 unspecified atom stereocenters. The normalized spacial score (nSPS) is 15.1.